The van der Waals surface area contributed by atoms with Gasteiger partial charge in [0.1, 0.15) is 17.2 Å². The maximum Gasteiger partial charge on any atom is 0.267 e. The van der Waals surface area contributed by atoms with Crippen LogP contribution in [0.1, 0.15) is 5.56 Å². The van der Waals surface area contributed by atoms with Gasteiger partial charge < -0.3 is 15.0 Å². The Kier molecular flexibility index (Phi) is 3.90. The molecule has 0 radical (unpaired) electrons. The molecule has 1 N–H and O–H groups in total. The number of ether oxygens (including phenoxy) is 1. The summed E-state index contributed by atoms with van der Waals surface area (Å²) in [6.07, 6.45) is 3.71. The van der Waals surface area contributed by atoms with E-state index < -0.39 is 0 Å². The summed E-state index contributed by atoms with van der Waals surface area (Å²) in [5.41, 5.74) is 1.74. The Labute approximate surface area is 113 Å². The second-order valence-electron chi connectivity index (χ2n) is 4.51. The van der Waals surface area contributed by atoms with Crippen LogP contribution in [0.3, 0.4) is 0 Å². The number of benzene rings is 1. The monoisotopic (exact) mass is 258 g/mol. The molecular formula is C15H18N2O2. The van der Waals surface area contributed by atoms with Gasteiger partial charge in [-0.2, -0.15) is 0 Å². The summed E-state index contributed by atoms with van der Waals surface area (Å²) >= 11 is 0. The number of aryl methyl sites for hydroxylation is 1. The summed E-state index contributed by atoms with van der Waals surface area (Å²) in [5, 5.41) is 2.63. The zero-order chi connectivity index (χ0) is 13.8. The Hall–Kier alpha value is -2.23. The molecule has 0 saturated carbocycles. The Morgan fingerprint density at radius 1 is 1.42 bits per heavy atom. The highest BCUT2D eigenvalue weighted by Crippen LogP contribution is 2.20. The van der Waals surface area contributed by atoms with Gasteiger partial charge in [-0.3, -0.25) is 4.79 Å². The maximum absolute atomic E-state index is 11.7. The number of nitrogens with one attached hydrogen (secondary N) is 1. The van der Waals surface area contributed by atoms with Crippen LogP contribution in [0.25, 0.3) is 0 Å². The van der Waals surface area contributed by atoms with Crippen molar-refractivity contribution in [3.8, 4) is 5.75 Å². The summed E-state index contributed by atoms with van der Waals surface area (Å²) in [6, 6.07) is 7.83. The van der Waals surface area contributed by atoms with E-state index in [-0.39, 0.29) is 5.91 Å². The summed E-state index contributed by atoms with van der Waals surface area (Å²) < 4.78 is 5.79. The van der Waals surface area contributed by atoms with Crippen molar-refractivity contribution in [3.63, 3.8) is 0 Å². The molecule has 1 heterocycles. The molecule has 2 rings (SSSR count). The molecule has 19 heavy (non-hydrogen) atoms. The van der Waals surface area contributed by atoms with E-state index in [0.717, 1.165) is 11.3 Å². The van der Waals surface area contributed by atoms with E-state index in [1.807, 2.05) is 49.2 Å². The minimum Gasteiger partial charge on any atom is -0.458 e. The van der Waals surface area contributed by atoms with Gasteiger partial charge in [-0.1, -0.05) is 12.1 Å². The Bertz CT molecular complexity index is 547. The normalized spacial score (nSPS) is 14.6. The topological polar surface area (TPSA) is 41.6 Å². The van der Waals surface area contributed by atoms with Crippen molar-refractivity contribution in [2.75, 3.05) is 20.6 Å². The molecule has 0 spiro atoms. The van der Waals surface area contributed by atoms with Crippen LogP contribution in [0.4, 0.5) is 0 Å². The predicted molar refractivity (Wildman–Crippen MR) is 74.7 cm³/mol. The molecule has 0 unspecified atom stereocenters. The van der Waals surface area contributed by atoms with Gasteiger partial charge in [-0.25, -0.2) is 0 Å². The van der Waals surface area contributed by atoms with E-state index in [9.17, 15) is 4.79 Å². The first-order chi connectivity index (χ1) is 9.10. The molecule has 0 aliphatic carbocycles. The fourth-order valence-electron chi connectivity index (χ4n) is 1.88. The molecule has 4 nitrogen and oxygen atoms in total. The molecule has 1 aromatic carbocycles. The number of allylic oxidation sites excluding steroid dienone is 1. The van der Waals surface area contributed by atoms with Gasteiger partial charge in [-0.15, -0.1) is 0 Å². The first-order valence-electron chi connectivity index (χ1n) is 6.20. The van der Waals surface area contributed by atoms with Crippen LogP contribution < -0.4 is 10.1 Å². The molecule has 1 aliphatic heterocycles. The number of rotatable bonds is 3. The molecule has 0 aromatic heterocycles. The van der Waals surface area contributed by atoms with Crippen LogP contribution in [0.2, 0.25) is 0 Å². The molecule has 1 aliphatic rings. The van der Waals surface area contributed by atoms with Crippen LogP contribution in [0.5, 0.6) is 5.75 Å². The smallest absolute Gasteiger partial charge is 0.267 e. The van der Waals surface area contributed by atoms with Crippen LogP contribution in [-0.2, 0) is 4.79 Å². The standard InChI is InChI=1S/C15H18N2O2/c1-11-5-4-6-12(9-11)19-13-7-8-17(3)14(10-13)15(18)16-2/h4-7,9-10H,8H2,1-3H3,(H,16,18). The van der Waals surface area contributed by atoms with Crippen molar-refractivity contribution in [1.82, 2.24) is 10.2 Å². The molecular weight excluding hydrogens is 240 g/mol. The lowest BCUT2D eigenvalue weighted by molar-refractivity contribution is -0.118. The largest absolute Gasteiger partial charge is 0.458 e. The van der Waals surface area contributed by atoms with E-state index in [4.69, 9.17) is 4.74 Å². The van der Waals surface area contributed by atoms with Crippen LogP contribution in [-0.4, -0.2) is 31.4 Å². The molecule has 4 heteroatoms. The number of hydrogen-bond donors (Lipinski definition) is 1. The zero-order valence-corrected chi connectivity index (χ0v) is 11.4. The fraction of sp³-hybridized carbons (Fsp3) is 0.267. The average Bonchev–Trinajstić information content (AvgIpc) is 2.40. The molecule has 0 atom stereocenters. The van der Waals surface area contributed by atoms with Crippen molar-refractivity contribution in [3.05, 3.63) is 53.4 Å². The number of amides is 1. The lowest BCUT2D eigenvalue weighted by Gasteiger charge is -2.24. The highest BCUT2D eigenvalue weighted by Gasteiger charge is 2.17. The van der Waals surface area contributed by atoms with Gasteiger partial charge in [0.25, 0.3) is 5.91 Å². The minimum absolute atomic E-state index is 0.110. The molecule has 0 fully saturated rings. The average molecular weight is 258 g/mol. The van der Waals surface area contributed by atoms with Gasteiger partial charge in [0.05, 0.1) is 0 Å². The highest BCUT2D eigenvalue weighted by atomic mass is 16.5. The number of hydrogen-bond acceptors (Lipinski definition) is 3. The van der Waals surface area contributed by atoms with Crippen molar-refractivity contribution in [1.29, 1.82) is 0 Å². The van der Waals surface area contributed by atoms with Gasteiger partial charge in [-0.05, 0) is 30.7 Å². The van der Waals surface area contributed by atoms with Crippen LogP contribution in [0.15, 0.2) is 47.9 Å². The quantitative estimate of drug-likeness (QED) is 0.899. The third-order valence-corrected chi connectivity index (χ3v) is 2.94. The van der Waals surface area contributed by atoms with Gasteiger partial charge in [0.15, 0.2) is 0 Å². The van der Waals surface area contributed by atoms with E-state index in [0.29, 0.717) is 18.0 Å². The Morgan fingerprint density at radius 3 is 2.89 bits per heavy atom. The van der Waals surface area contributed by atoms with Crippen molar-refractivity contribution >= 4 is 5.91 Å². The summed E-state index contributed by atoms with van der Waals surface area (Å²) in [7, 11) is 3.50. The first-order valence-corrected chi connectivity index (χ1v) is 6.20. The molecule has 0 saturated heterocycles. The van der Waals surface area contributed by atoms with Gasteiger partial charge in [0, 0.05) is 26.7 Å². The van der Waals surface area contributed by atoms with E-state index >= 15 is 0 Å². The van der Waals surface area contributed by atoms with Gasteiger partial charge >= 0.3 is 0 Å². The zero-order valence-electron chi connectivity index (χ0n) is 11.4. The summed E-state index contributed by atoms with van der Waals surface area (Å²) in [4.78, 5) is 13.6. The third-order valence-electron chi connectivity index (χ3n) is 2.94. The molecule has 0 bridgehead atoms. The molecule has 1 amide bonds. The second-order valence-corrected chi connectivity index (χ2v) is 4.51. The maximum atomic E-state index is 11.7. The number of carbonyl (C=O) groups excluding carboxylic acids is 1. The van der Waals surface area contributed by atoms with Crippen LogP contribution in [0, 0.1) is 6.92 Å². The third kappa shape index (κ3) is 3.16. The number of likely N-dealkylation sites (N-methyl/N-ethyl adjacent to an activating group) is 2. The fourth-order valence-corrected chi connectivity index (χ4v) is 1.88. The van der Waals surface area contributed by atoms with E-state index in [1.165, 1.54) is 0 Å². The Balaban J connectivity index is 2.17. The summed E-state index contributed by atoms with van der Waals surface area (Å²) in [6.45, 7) is 2.67. The number of nitrogens with zero attached hydrogens (tertiary/aromatic N) is 1. The molecule has 100 valence electrons. The summed E-state index contributed by atoms with van der Waals surface area (Å²) in [5.74, 6) is 1.37. The van der Waals surface area contributed by atoms with Crippen molar-refractivity contribution in [2.24, 2.45) is 0 Å². The highest BCUT2D eigenvalue weighted by molar-refractivity contribution is 5.93. The SMILES string of the molecule is CNC(=O)C1=CC(Oc2cccc(C)c2)=CCN1C. The first kappa shape index (κ1) is 13.2. The van der Waals surface area contributed by atoms with E-state index in [2.05, 4.69) is 5.32 Å². The van der Waals surface area contributed by atoms with Crippen molar-refractivity contribution in [2.45, 2.75) is 6.92 Å². The Morgan fingerprint density at radius 2 is 2.21 bits per heavy atom. The van der Waals surface area contributed by atoms with Gasteiger partial charge in [0.2, 0.25) is 0 Å². The molecule has 1 aromatic rings. The second kappa shape index (κ2) is 5.61. The van der Waals surface area contributed by atoms with Crippen molar-refractivity contribution < 1.29 is 9.53 Å². The minimum atomic E-state index is -0.110. The lowest BCUT2D eigenvalue weighted by atomic mass is 10.2. The van der Waals surface area contributed by atoms with Crippen LogP contribution >= 0.6 is 0 Å². The lowest BCUT2D eigenvalue weighted by Crippen LogP contribution is -2.33. The van der Waals surface area contributed by atoms with E-state index in [1.54, 1.807) is 13.1 Å². The predicted octanol–water partition coefficient (Wildman–Crippen LogP) is 1.83. The number of carbonyl (C=O) groups is 1.